The van der Waals surface area contributed by atoms with Crippen molar-refractivity contribution in [3.63, 3.8) is 0 Å². The molecule has 3 N–H and O–H groups in total. The van der Waals surface area contributed by atoms with Gasteiger partial charge < -0.3 is 14.6 Å². The van der Waals surface area contributed by atoms with Crippen LogP contribution in [0.15, 0.2) is 18.2 Å². The SMILES string of the molecule is CC(C)(C)OC(=O)NC(C(O)=[OH+])c1cccc(Cl)c1Cl. The minimum absolute atomic E-state index is 0.121. The van der Waals surface area contributed by atoms with Crippen LogP contribution in [0.2, 0.25) is 10.0 Å². The minimum atomic E-state index is -1.23. The van der Waals surface area contributed by atoms with Gasteiger partial charge in [0.15, 0.2) is 0 Å². The summed E-state index contributed by atoms with van der Waals surface area (Å²) in [6.45, 7) is 5.07. The number of hydrogen-bond donors (Lipinski definition) is 2. The number of amides is 1. The van der Waals surface area contributed by atoms with Gasteiger partial charge in [0.05, 0.1) is 10.0 Å². The van der Waals surface area contributed by atoms with Gasteiger partial charge in [-0.25, -0.2) is 4.79 Å². The fourth-order valence-corrected chi connectivity index (χ4v) is 1.87. The summed E-state index contributed by atoms with van der Waals surface area (Å²) in [4.78, 5) is 21.0. The Morgan fingerprint density at radius 2 is 2.00 bits per heavy atom. The monoisotopic (exact) mass is 320 g/mol. The number of benzene rings is 1. The van der Waals surface area contributed by atoms with Crippen LogP contribution < -0.4 is 5.32 Å². The van der Waals surface area contributed by atoms with E-state index < -0.39 is 23.7 Å². The minimum Gasteiger partial charge on any atom is -0.444 e. The van der Waals surface area contributed by atoms with E-state index in [0.29, 0.717) is 0 Å². The first-order valence-electron chi connectivity index (χ1n) is 5.80. The van der Waals surface area contributed by atoms with E-state index in [1.807, 2.05) is 0 Å². The van der Waals surface area contributed by atoms with E-state index in [-0.39, 0.29) is 15.6 Å². The largest absolute Gasteiger partial charge is 0.509 e. The summed E-state index contributed by atoms with van der Waals surface area (Å²) in [7, 11) is 0. The molecule has 1 aromatic carbocycles. The zero-order chi connectivity index (χ0) is 15.5. The predicted molar refractivity (Wildman–Crippen MR) is 78.1 cm³/mol. The van der Waals surface area contributed by atoms with Crippen LogP contribution in [0.4, 0.5) is 4.79 Å². The molecule has 1 amide bonds. The lowest BCUT2D eigenvalue weighted by Crippen LogP contribution is -2.38. The van der Waals surface area contributed by atoms with Crippen molar-refractivity contribution in [1.82, 2.24) is 5.32 Å². The van der Waals surface area contributed by atoms with Gasteiger partial charge in [0, 0.05) is 5.56 Å². The number of rotatable bonds is 3. The molecule has 0 fully saturated rings. The number of carbonyl (C=O) groups excluding carboxylic acids is 1. The third kappa shape index (κ3) is 4.58. The van der Waals surface area contributed by atoms with Crippen molar-refractivity contribution in [3.8, 4) is 0 Å². The first-order valence-corrected chi connectivity index (χ1v) is 6.55. The van der Waals surface area contributed by atoms with Crippen LogP contribution in [0.1, 0.15) is 32.4 Å². The van der Waals surface area contributed by atoms with Gasteiger partial charge in [-0.05, 0) is 26.8 Å². The summed E-state index contributed by atoms with van der Waals surface area (Å²) < 4.78 is 5.05. The molecule has 0 spiro atoms. The van der Waals surface area contributed by atoms with Crippen LogP contribution in [0.3, 0.4) is 0 Å². The molecular weight excluding hydrogens is 305 g/mol. The van der Waals surface area contributed by atoms with Crippen molar-refractivity contribution in [2.24, 2.45) is 0 Å². The van der Waals surface area contributed by atoms with Gasteiger partial charge in [0.1, 0.15) is 5.60 Å². The highest BCUT2D eigenvalue weighted by Gasteiger charge is 2.32. The Morgan fingerprint density at radius 1 is 1.40 bits per heavy atom. The lowest BCUT2D eigenvalue weighted by molar-refractivity contribution is 0.0511. The molecule has 0 heterocycles. The standard InChI is InChI=1S/C13H15Cl2NO4/c1-13(2,3)20-12(19)16-10(11(17)18)7-5-4-6-8(14)9(7)15/h4-6,10H,1-3H3,(H,16,19)(H,17,18)/p+1. The number of hydrogen-bond acceptors (Lipinski definition) is 2. The van der Waals surface area contributed by atoms with Crippen LogP contribution in [0.25, 0.3) is 0 Å². The molecule has 0 saturated heterocycles. The normalized spacial score (nSPS) is 12.7. The molecule has 5 nitrogen and oxygen atoms in total. The van der Waals surface area contributed by atoms with Crippen molar-refractivity contribution in [1.29, 1.82) is 0 Å². The number of carboxylic acid groups (broad SMARTS) is 1. The maximum absolute atomic E-state index is 11.7. The number of carbonyl (C=O) groups is 1. The lowest BCUT2D eigenvalue weighted by atomic mass is 10.1. The molecule has 0 saturated carbocycles. The zero-order valence-electron chi connectivity index (χ0n) is 11.3. The molecule has 1 unspecified atom stereocenters. The molecule has 0 bridgehead atoms. The van der Waals surface area contributed by atoms with Crippen LogP contribution in [0, 0.1) is 0 Å². The Morgan fingerprint density at radius 3 is 2.50 bits per heavy atom. The van der Waals surface area contributed by atoms with Gasteiger partial charge in [-0.15, -0.1) is 0 Å². The van der Waals surface area contributed by atoms with Gasteiger partial charge in [-0.1, -0.05) is 35.3 Å². The Kier molecular flexibility index (Phi) is 5.25. The molecule has 1 atom stereocenters. The summed E-state index contributed by atoms with van der Waals surface area (Å²) in [5.41, 5.74) is -0.456. The van der Waals surface area contributed by atoms with Crippen LogP contribution in [0.5, 0.6) is 0 Å². The van der Waals surface area contributed by atoms with Crippen molar-refractivity contribution in [2.75, 3.05) is 0 Å². The van der Waals surface area contributed by atoms with Gasteiger partial charge in [0.25, 0.3) is 0 Å². The summed E-state index contributed by atoms with van der Waals surface area (Å²) in [6.07, 6.45) is -0.806. The molecule has 0 radical (unpaired) electrons. The third-order valence-electron chi connectivity index (χ3n) is 2.21. The van der Waals surface area contributed by atoms with E-state index in [1.54, 1.807) is 32.9 Å². The Balaban J connectivity index is 2.99. The number of nitrogens with one attached hydrogen (secondary N) is 1. The second kappa shape index (κ2) is 6.33. The number of alkyl carbamates (subject to hydrolysis) is 1. The summed E-state index contributed by atoms with van der Waals surface area (Å²) in [5.74, 6) is -1.01. The van der Waals surface area contributed by atoms with E-state index in [2.05, 4.69) is 5.32 Å². The summed E-state index contributed by atoms with van der Waals surface area (Å²) in [5, 5.41) is 12.0. The molecule has 0 aliphatic carbocycles. The lowest BCUT2D eigenvalue weighted by Gasteiger charge is -2.21. The fourth-order valence-electron chi connectivity index (χ4n) is 1.45. The Bertz CT molecular complexity index is 526. The number of ether oxygens (including phenoxy) is 1. The number of halogens is 2. The van der Waals surface area contributed by atoms with E-state index in [0.717, 1.165) is 0 Å². The quantitative estimate of drug-likeness (QED) is 0.835. The van der Waals surface area contributed by atoms with Gasteiger partial charge in [-0.3, -0.25) is 5.32 Å². The van der Waals surface area contributed by atoms with Crippen molar-refractivity contribution in [3.05, 3.63) is 33.8 Å². The number of aliphatic hydroxyl groups excluding tert-OH is 1. The third-order valence-corrected chi connectivity index (χ3v) is 3.05. The fraction of sp³-hybridized carbons (Fsp3) is 0.385. The molecule has 0 aliphatic rings. The first-order chi connectivity index (χ1) is 9.11. The van der Waals surface area contributed by atoms with E-state index in [4.69, 9.17) is 27.9 Å². The molecule has 1 aromatic rings. The van der Waals surface area contributed by atoms with Crippen molar-refractivity contribution in [2.45, 2.75) is 32.4 Å². The molecular formula is C13H16Cl2NO4+. The Hall–Kier alpha value is -1.46. The molecule has 0 aliphatic heterocycles. The summed E-state index contributed by atoms with van der Waals surface area (Å²) in [6, 6.07) is 3.42. The molecule has 110 valence electrons. The van der Waals surface area contributed by atoms with Crippen LogP contribution in [-0.4, -0.2) is 27.6 Å². The van der Waals surface area contributed by atoms with E-state index >= 15 is 0 Å². The number of carboxylic acids is 1. The second-order valence-corrected chi connectivity index (χ2v) is 5.87. The maximum Gasteiger partial charge on any atom is 0.509 e. The second-order valence-electron chi connectivity index (χ2n) is 5.08. The molecule has 0 aromatic heterocycles. The van der Waals surface area contributed by atoms with Gasteiger partial charge in [0.2, 0.25) is 6.04 Å². The molecule has 20 heavy (non-hydrogen) atoms. The zero-order valence-corrected chi connectivity index (χ0v) is 12.8. The number of aliphatic carboxylic acids is 1. The highest BCUT2D eigenvalue weighted by Crippen LogP contribution is 2.30. The average molecular weight is 321 g/mol. The maximum atomic E-state index is 11.7. The van der Waals surface area contributed by atoms with Gasteiger partial charge in [-0.2, -0.15) is 0 Å². The molecule has 7 heteroatoms. The topological polar surface area (TPSA) is 80.0 Å². The van der Waals surface area contributed by atoms with Crippen molar-refractivity contribution >= 4 is 35.3 Å². The van der Waals surface area contributed by atoms with Crippen LogP contribution >= 0.6 is 23.2 Å². The smallest absolute Gasteiger partial charge is 0.444 e. The highest BCUT2D eigenvalue weighted by atomic mass is 35.5. The Labute approximate surface area is 126 Å². The van der Waals surface area contributed by atoms with Crippen molar-refractivity contribution < 1.29 is 19.4 Å². The predicted octanol–water partition coefficient (Wildman–Crippen LogP) is 3.62. The first kappa shape index (κ1) is 16.6. The highest BCUT2D eigenvalue weighted by molar-refractivity contribution is 6.42. The molecule has 1 rings (SSSR count). The van der Waals surface area contributed by atoms with Crippen LogP contribution in [-0.2, 0) is 4.74 Å². The van der Waals surface area contributed by atoms with E-state index in [9.17, 15) is 14.7 Å². The summed E-state index contributed by atoms with van der Waals surface area (Å²) >= 11 is 11.8. The van der Waals surface area contributed by atoms with E-state index in [1.165, 1.54) is 6.07 Å². The van der Waals surface area contributed by atoms with Gasteiger partial charge >= 0.3 is 12.1 Å². The average Bonchev–Trinajstić information content (AvgIpc) is 2.27.